The van der Waals surface area contributed by atoms with E-state index in [1.165, 1.54) is 13.2 Å². The Balaban J connectivity index is 3.28. The van der Waals surface area contributed by atoms with Crippen molar-refractivity contribution in [1.29, 1.82) is 0 Å². The minimum Gasteiger partial charge on any atom is -0.481 e. The molecule has 0 aliphatic rings. The van der Waals surface area contributed by atoms with Gasteiger partial charge >= 0.3 is 5.97 Å². The zero-order valence-corrected chi connectivity index (χ0v) is 9.11. The zero-order valence-electron chi connectivity index (χ0n) is 9.11. The van der Waals surface area contributed by atoms with Crippen LogP contribution in [0.4, 0.5) is 8.78 Å². The van der Waals surface area contributed by atoms with E-state index >= 15 is 0 Å². The van der Waals surface area contributed by atoms with Crippen LogP contribution >= 0.6 is 0 Å². The lowest BCUT2D eigenvalue weighted by Gasteiger charge is -2.12. The topological polar surface area (TPSA) is 85.4 Å². The van der Waals surface area contributed by atoms with Crippen LogP contribution in [0.5, 0.6) is 5.88 Å². The van der Waals surface area contributed by atoms with Gasteiger partial charge in [0.25, 0.3) is 6.43 Å². The summed E-state index contributed by atoms with van der Waals surface area (Å²) in [6.07, 6.45) is -3.14. The number of hydrogen-bond acceptors (Lipinski definition) is 4. The molecular weight excluding hydrogens is 234 g/mol. The van der Waals surface area contributed by atoms with Crippen LogP contribution in [0, 0.1) is 0 Å². The minimum atomic E-state index is -2.77. The molecule has 0 unspecified atom stereocenters. The second-order valence-electron chi connectivity index (χ2n) is 3.27. The van der Waals surface area contributed by atoms with E-state index in [0.29, 0.717) is 0 Å². The maximum atomic E-state index is 12.8. The highest BCUT2D eigenvalue weighted by Crippen LogP contribution is 2.31. The molecule has 1 rings (SSSR count). The number of halogens is 2. The van der Waals surface area contributed by atoms with Crippen molar-refractivity contribution in [2.45, 2.75) is 19.4 Å². The second-order valence-corrected chi connectivity index (χ2v) is 3.27. The van der Waals surface area contributed by atoms with E-state index in [1.807, 2.05) is 0 Å². The summed E-state index contributed by atoms with van der Waals surface area (Å²) in [5, 5.41) is 8.61. The van der Waals surface area contributed by atoms with Crippen molar-refractivity contribution in [3.63, 3.8) is 0 Å². The lowest BCUT2D eigenvalue weighted by molar-refractivity contribution is -0.136. The highest BCUT2D eigenvalue weighted by Gasteiger charge is 2.21. The van der Waals surface area contributed by atoms with Gasteiger partial charge in [-0.05, 0) is 11.6 Å². The molecule has 7 heteroatoms. The van der Waals surface area contributed by atoms with Gasteiger partial charge in [0.05, 0.1) is 24.8 Å². The lowest BCUT2D eigenvalue weighted by Crippen LogP contribution is -2.10. The van der Waals surface area contributed by atoms with E-state index < -0.39 is 12.4 Å². The Hall–Kier alpha value is -1.76. The van der Waals surface area contributed by atoms with E-state index in [1.54, 1.807) is 0 Å². The summed E-state index contributed by atoms with van der Waals surface area (Å²) in [7, 11) is 1.19. The first-order chi connectivity index (χ1) is 7.99. The Kier molecular flexibility index (Phi) is 4.33. The van der Waals surface area contributed by atoms with Crippen LogP contribution in [0.3, 0.4) is 0 Å². The fraction of sp³-hybridized carbons (Fsp3) is 0.400. The molecule has 0 aliphatic carbocycles. The summed E-state index contributed by atoms with van der Waals surface area (Å²) in [5.74, 6) is -1.38. The van der Waals surface area contributed by atoms with E-state index in [9.17, 15) is 13.6 Å². The van der Waals surface area contributed by atoms with Gasteiger partial charge in [0, 0.05) is 6.54 Å². The number of nitrogens with two attached hydrogens (primary N) is 1. The van der Waals surface area contributed by atoms with E-state index in [0.717, 1.165) is 0 Å². The number of aromatic nitrogens is 1. The van der Waals surface area contributed by atoms with Gasteiger partial charge in [-0.3, -0.25) is 4.79 Å². The van der Waals surface area contributed by atoms with Crippen LogP contribution in [0.25, 0.3) is 0 Å². The minimum absolute atomic E-state index is 0.134. The van der Waals surface area contributed by atoms with E-state index in [2.05, 4.69) is 4.98 Å². The molecule has 0 fully saturated rings. The Morgan fingerprint density at radius 1 is 1.65 bits per heavy atom. The fourth-order valence-corrected chi connectivity index (χ4v) is 1.44. The number of pyridine rings is 1. The molecule has 0 atom stereocenters. The summed E-state index contributed by atoms with van der Waals surface area (Å²) in [6, 6.07) is 1.26. The van der Waals surface area contributed by atoms with Crippen molar-refractivity contribution in [2.24, 2.45) is 5.73 Å². The third kappa shape index (κ3) is 3.10. The van der Waals surface area contributed by atoms with Crippen molar-refractivity contribution in [3.8, 4) is 5.88 Å². The maximum absolute atomic E-state index is 12.8. The van der Waals surface area contributed by atoms with Crippen molar-refractivity contribution in [1.82, 2.24) is 4.98 Å². The molecule has 0 spiro atoms. The maximum Gasteiger partial charge on any atom is 0.309 e. The van der Waals surface area contributed by atoms with Crippen molar-refractivity contribution in [2.75, 3.05) is 7.11 Å². The van der Waals surface area contributed by atoms with Crippen LogP contribution in [0.15, 0.2) is 6.07 Å². The first kappa shape index (κ1) is 13.3. The number of carboxylic acids is 1. The number of aliphatic carboxylic acids is 1. The molecule has 0 saturated carbocycles. The number of ether oxygens (including phenoxy) is 1. The SMILES string of the molecule is COc1nc(CC(=O)O)cc(CN)c1C(F)F. The predicted octanol–water partition coefficient (Wildman–Crippen LogP) is 1.11. The van der Waals surface area contributed by atoms with Gasteiger partial charge < -0.3 is 15.6 Å². The molecule has 1 aromatic rings. The average Bonchev–Trinajstić information content (AvgIpc) is 2.26. The summed E-state index contributed by atoms with van der Waals surface area (Å²) in [6.45, 7) is -0.134. The lowest BCUT2D eigenvalue weighted by atomic mass is 10.1. The van der Waals surface area contributed by atoms with Gasteiger partial charge in [-0.25, -0.2) is 13.8 Å². The number of rotatable bonds is 5. The van der Waals surface area contributed by atoms with Crippen LogP contribution in [-0.2, 0) is 17.8 Å². The first-order valence-electron chi connectivity index (χ1n) is 4.76. The van der Waals surface area contributed by atoms with Crippen LogP contribution in [0.2, 0.25) is 0 Å². The smallest absolute Gasteiger partial charge is 0.309 e. The van der Waals surface area contributed by atoms with Crippen molar-refractivity contribution in [3.05, 3.63) is 22.9 Å². The van der Waals surface area contributed by atoms with Gasteiger partial charge in [-0.1, -0.05) is 0 Å². The number of alkyl halides is 2. The highest BCUT2D eigenvalue weighted by atomic mass is 19.3. The molecule has 0 aliphatic heterocycles. The number of nitrogens with zero attached hydrogens (tertiary/aromatic N) is 1. The van der Waals surface area contributed by atoms with Gasteiger partial charge in [0.1, 0.15) is 0 Å². The molecule has 1 heterocycles. The van der Waals surface area contributed by atoms with E-state index in [4.69, 9.17) is 15.6 Å². The normalized spacial score (nSPS) is 10.6. The standard InChI is InChI=1S/C10H12F2N2O3/c1-17-10-8(9(11)12)5(4-13)2-6(14-10)3-7(15)16/h2,9H,3-4,13H2,1H3,(H,15,16). The molecule has 0 aromatic carbocycles. The summed E-state index contributed by atoms with van der Waals surface area (Å²) in [4.78, 5) is 14.2. The third-order valence-corrected chi connectivity index (χ3v) is 2.13. The van der Waals surface area contributed by atoms with Gasteiger partial charge in [-0.2, -0.15) is 0 Å². The quantitative estimate of drug-likeness (QED) is 0.812. The molecule has 0 saturated heterocycles. The summed E-state index contributed by atoms with van der Waals surface area (Å²) >= 11 is 0. The Morgan fingerprint density at radius 2 is 2.29 bits per heavy atom. The summed E-state index contributed by atoms with van der Waals surface area (Å²) in [5.41, 5.74) is 5.24. The Morgan fingerprint density at radius 3 is 2.71 bits per heavy atom. The monoisotopic (exact) mass is 246 g/mol. The highest BCUT2D eigenvalue weighted by molar-refractivity contribution is 5.69. The van der Waals surface area contributed by atoms with Gasteiger partial charge in [0.15, 0.2) is 0 Å². The van der Waals surface area contributed by atoms with Gasteiger partial charge in [0.2, 0.25) is 5.88 Å². The first-order valence-corrected chi connectivity index (χ1v) is 4.76. The Labute approximate surface area is 96.2 Å². The number of hydrogen-bond donors (Lipinski definition) is 2. The van der Waals surface area contributed by atoms with Gasteiger partial charge in [-0.15, -0.1) is 0 Å². The molecule has 5 nitrogen and oxygen atoms in total. The molecule has 0 bridgehead atoms. The number of carboxylic acid groups (broad SMARTS) is 1. The van der Waals surface area contributed by atoms with Crippen LogP contribution < -0.4 is 10.5 Å². The molecule has 0 amide bonds. The molecule has 0 radical (unpaired) electrons. The van der Waals surface area contributed by atoms with Crippen LogP contribution in [0.1, 0.15) is 23.2 Å². The molecule has 94 valence electrons. The largest absolute Gasteiger partial charge is 0.481 e. The van der Waals surface area contributed by atoms with E-state index in [-0.39, 0.29) is 35.7 Å². The van der Waals surface area contributed by atoms with Crippen molar-refractivity contribution < 1.29 is 23.4 Å². The molecule has 1 aromatic heterocycles. The third-order valence-electron chi connectivity index (χ3n) is 2.13. The summed E-state index contributed by atoms with van der Waals surface area (Å²) < 4.78 is 30.3. The zero-order chi connectivity index (χ0) is 13.0. The fourth-order valence-electron chi connectivity index (χ4n) is 1.44. The second kappa shape index (κ2) is 5.53. The predicted molar refractivity (Wildman–Crippen MR) is 55.0 cm³/mol. The van der Waals surface area contributed by atoms with Crippen molar-refractivity contribution >= 4 is 5.97 Å². The molecule has 3 N–H and O–H groups in total. The molecular formula is C10H12F2N2O3. The molecule has 17 heavy (non-hydrogen) atoms. The number of methoxy groups -OCH3 is 1. The average molecular weight is 246 g/mol. The van der Waals surface area contributed by atoms with Crippen LogP contribution in [-0.4, -0.2) is 23.2 Å². The number of carbonyl (C=O) groups is 1. The Bertz CT molecular complexity index is 399.